The van der Waals surface area contributed by atoms with Crippen LogP contribution in [0.5, 0.6) is 0 Å². The van der Waals surface area contributed by atoms with E-state index in [9.17, 15) is 4.57 Å². The zero-order valence-electron chi connectivity index (χ0n) is 9.13. The van der Waals surface area contributed by atoms with E-state index in [4.69, 9.17) is 0 Å². The van der Waals surface area contributed by atoms with Gasteiger partial charge in [-0.2, -0.15) is 0 Å². The minimum Gasteiger partial charge on any atom is -0.274 e. The van der Waals surface area contributed by atoms with Gasteiger partial charge in [0.15, 0.2) is 8.46 Å². The highest BCUT2D eigenvalue weighted by molar-refractivity contribution is 7.24. The Morgan fingerprint density at radius 3 is 2.19 bits per heavy atom. The molecule has 0 radical (unpaired) electrons. The van der Waals surface area contributed by atoms with E-state index < -0.39 is 0 Å². The monoisotopic (exact) mass is 228 g/mol. The molecule has 16 heavy (non-hydrogen) atoms. The third kappa shape index (κ3) is 2.20. The lowest BCUT2D eigenvalue weighted by Crippen LogP contribution is -1.95. The Labute approximate surface area is 97.3 Å². The lowest BCUT2D eigenvalue weighted by Gasteiger charge is -2.12. The van der Waals surface area contributed by atoms with Crippen LogP contribution in [0.4, 0.5) is 0 Å². The molecule has 0 fully saturated rings. The Morgan fingerprint density at radius 1 is 0.938 bits per heavy atom. The minimum atomic E-state index is -0.0533. The van der Waals surface area contributed by atoms with Crippen LogP contribution in [0.3, 0.4) is 0 Å². The topological polar surface area (TPSA) is 17.1 Å². The van der Waals surface area contributed by atoms with Crippen molar-refractivity contribution in [2.45, 2.75) is 12.6 Å². The van der Waals surface area contributed by atoms with Gasteiger partial charge in [0.25, 0.3) is 0 Å². The molecule has 1 unspecified atom stereocenters. The van der Waals surface area contributed by atoms with Gasteiger partial charge < -0.3 is 0 Å². The van der Waals surface area contributed by atoms with Gasteiger partial charge in [-0.15, -0.1) is 0 Å². The van der Waals surface area contributed by atoms with Crippen LogP contribution in [-0.4, -0.2) is 0 Å². The summed E-state index contributed by atoms with van der Waals surface area (Å²) in [4.78, 5) is 0. The molecule has 0 aromatic heterocycles. The van der Waals surface area contributed by atoms with Crippen molar-refractivity contribution in [1.82, 2.24) is 0 Å². The Morgan fingerprint density at radius 2 is 1.56 bits per heavy atom. The molecule has 0 aliphatic heterocycles. The molecular weight excluding hydrogens is 215 g/mol. The summed E-state index contributed by atoms with van der Waals surface area (Å²) < 4.78 is 11.4. The molecule has 80 valence electrons. The standard InChI is InChI=1S/C14H13OP/c1-11-7-5-6-10-13(11)14(16-15)12-8-3-2-4-9-12/h2-10,14H,1H3. The van der Waals surface area contributed by atoms with Crippen LogP contribution in [0.25, 0.3) is 0 Å². The van der Waals surface area contributed by atoms with Gasteiger partial charge in [0.2, 0.25) is 0 Å². The molecule has 0 N–H and O–H groups in total. The average Bonchev–Trinajstić information content (AvgIpc) is 2.34. The molecule has 0 amide bonds. The van der Waals surface area contributed by atoms with Crippen molar-refractivity contribution in [3.8, 4) is 0 Å². The second-order valence-electron chi connectivity index (χ2n) is 3.78. The van der Waals surface area contributed by atoms with Crippen LogP contribution in [0.2, 0.25) is 0 Å². The number of benzene rings is 2. The molecular formula is C14H13OP. The van der Waals surface area contributed by atoms with Crippen LogP contribution in [0.1, 0.15) is 22.3 Å². The summed E-state index contributed by atoms with van der Waals surface area (Å²) in [5, 5.41) is 0. The van der Waals surface area contributed by atoms with Crippen LogP contribution >= 0.6 is 8.46 Å². The summed E-state index contributed by atoms with van der Waals surface area (Å²) in [6, 6.07) is 18.0. The van der Waals surface area contributed by atoms with Gasteiger partial charge in [-0.3, -0.25) is 4.57 Å². The lowest BCUT2D eigenvalue weighted by atomic mass is 10.0. The fourth-order valence-corrected chi connectivity index (χ4v) is 2.52. The van der Waals surface area contributed by atoms with Gasteiger partial charge in [0.1, 0.15) is 0 Å². The van der Waals surface area contributed by atoms with E-state index in [-0.39, 0.29) is 14.1 Å². The second kappa shape index (κ2) is 5.05. The SMILES string of the molecule is Cc1ccccc1C(P=O)c1ccccc1. The van der Waals surface area contributed by atoms with E-state index in [0.29, 0.717) is 0 Å². The van der Waals surface area contributed by atoms with Gasteiger partial charge in [-0.25, -0.2) is 0 Å². The Kier molecular flexibility index (Phi) is 3.48. The first-order valence-corrected chi connectivity index (χ1v) is 6.14. The van der Waals surface area contributed by atoms with Crippen LogP contribution in [-0.2, 0) is 4.57 Å². The van der Waals surface area contributed by atoms with Crippen molar-refractivity contribution in [3.63, 3.8) is 0 Å². The van der Waals surface area contributed by atoms with Gasteiger partial charge in [0, 0.05) is 0 Å². The Balaban J connectivity index is 2.45. The third-order valence-corrected chi connectivity index (χ3v) is 3.49. The van der Waals surface area contributed by atoms with Crippen molar-refractivity contribution >= 4 is 8.46 Å². The van der Waals surface area contributed by atoms with Crippen molar-refractivity contribution in [2.75, 3.05) is 0 Å². The molecule has 0 spiro atoms. The van der Waals surface area contributed by atoms with E-state index in [1.165, 1.54) is 5.56 Å². The summed E-state index contributed by atoms with van der Waals surface area (Å²) in [6.45, 7) is 2.05. The normalized spacial score (nSPS) is 12.6. The molecule has 0 bridgehead atoms. The van der Waals surface area contributed by atoms with E-state index in [0.717, 1.165) is 11.1 Å². The zero-order valence-corrected chi connectivity index (χ0v) is 10.0. The van der Waals surface area contributed by atoms with Crippen LogP contribution in [0.15, 0.2) is 54.6 Å². The smallest absolute Gasteiger partial charge is 0.168 e. The molecule has 2 aromatic carbocycles. The van der Waals surface area contributed by atoms with Gasteiger partial charge in [-0.1, -0.05) is 54.6 Å². The molecule has 0 heterocycles. The number of hydrogen-bond acceptors (Lipinski definition) is 1. The molecule has 0 aliphatic carbocycles. The Bertz CT molecular complexity index is 479. The van der Waals surface area contributed by atoms with Gasteiger partial charge >= 0.3 is 0 Å². The average molecular weight is 228 g/mol. The first kappa shape index (κ1) is 11.0. The first-order valence-electron chi connectivity index (χ1n) is 5.26. The maximum atomic E-state index is 11.4. The van der Waals surface area contributed by atoms with Gasteiger partial charge in [0.05, 0.1) is 5.66 Å². The van der Waals surface area contributed by atoms with Crippen LogP contribution < -0.4 is 0 Å². The van der Waals surface area contributed by atoms with E-state index in [2.05, 4.69) is 13.0 Å². The number of hydrogen-bond donors (Lipinski definition) is 0. The molecule has 0 saturated carbocycles. The van der Waals surface area contributed by atoms with E-state index in [1.807, 2.05) is 48.5 Å². The number of rotatable bonds is 3. The largest absolute Gasteiger partial charge is 0.274 e. The van der Waals surface area contributed by atoms with Crippen molar-refractivity contribution in [3.05, 3.63) is 71.3 Å². The third-order valence-electron chi connectivity index (χ3n) is 2.70. The maximum Gasteiger partial charge on any atom is 0.168 e. The zero-order chi connectivity index (χ0) is 11.4. The molecule has 2 aromatic rings. The van der Waals surface area contributed by atoms with Crippen molar-refractivity contribution < 1.29 is 4.57 Å². The lowest BCUT2D eigenvalue weighted by molar-refractivity contribution is 0.595. The highest BCUT2D eigenvalue weighted by atomic mass is 31.1. The quantitative estimate of drug-likeness (QED) is 0.712. The fraction of sp³-hybridized carbons (Fsp3) is 0.143. The summed E-state index contributed by atoms with van der Waals surface area (Å²) in [5.74, 6) is 0. The predicted octanol–water partition coefficient (Wildman–Crippen LogP) is 4.38. The highest BCUT2D eigenvalue weighted by Crippen LogP contribution is 2.35. The molecule has 1 atom stereocenters. The summed E-state index contributed by atoms with van der Waals surface area (Å²) >= 11 is 0. The summed E-state index contributed by atoms with van der Waals surface area (Å²) in [6.07, 6.45) is 0. The molecule has 0 aliphatic rings. The molecule has 0 saturated heterocycles. The van der Waals surface area contributed by atoms with Gasteiger partial charge in [-0.05, 0) is 23.6 Å². The summed E-state index contributed by atoms with van der Waals surface area (Å²) in [7, 11) is 0.145. The maximum absolute atomic E-state index is 11.4. The van der Waals surface area contributed by atoms with Crippen molar-refractivity contribution in [1.29, 1.82) is 0 Å². The van der Waals surface area contributed by atoms with Crippen LogP contribution in [0, 0.1) is 6.92 Å². The second-order valence-corrected chi connectivity index (χ2v) is 4.50. The molecule has 2 heteroatoms. The predicted molar refractivity (Wildman–Crippen MR) is 67.1 cm³/mol. The molecule has 1 nitrogen and oxygen atoms in total. The highest BCUT2D eigenvalue weighted by Gasteiger charge is 2.15. The van der Waals surface area contributed by atoms with E-state index in [1.54, 1.807) is 0 Å². The summed E-state index contributed by atoms with van der Waals surface area (Å²) in [5.41, 5.74) is 3.35. The number of aryl methyl sites for hydroxylation is 1. The van der Waals surface area contributed by atoms with E-state index >= 15 is 0 Å². The minimum absolute atomic E-state index is 0.0533. The Hall–Kier alpha value is -1.46. The molecule has 2 rings (SSSR count). The fourth-order valence-electron chi connectivity index (χ4n) is 1.83. The van der Waals surface area contributed by atoms with Crippen molar-refractivity contribution in [2.24, 2.45) is 0 Å². The first-order chi connectivity index (χ1) is 7.83.